The second kappa shape index (κ2) is 7.67. The Kier molecular flexibility index (Phi) is 4.93. The van der Waals surface area contributed by atoms with E-state index in [1.807, 2.05) is 35.9 Å². The highest BCUT2D eigenvalue weighted by Crippen LogP contribution is 2.33. The first-order valence-corrected chi connectivity index (χ1v) is 11.0. The first kappa shape index (κ1) is 20.6. The number of hydrogen-bond acceptors (Lipinski definition) is 5. The molecule has 2 aromatic heterocycles. The first-order valence-electron chi connectivity index (χ1n) is 11.0. The Morgan fingerprint density at radius 2 is 1.84 bits per heavy atom. The van der Waals surface area contributed by atoms with Crippen LogP contribution < -0.4 is 5.56 Å². The number of pyridine rings is 1. The predicted molar refractivity (Wildman–Crippen MR) is 125 cm³/mol. The van der Waals surface area contributed by atoms with E-state index in [-0.39, 0.29) is 17.1 Å². The molecule has 7 heteroatoms. The molecule has 3 heterocycles. The van der Waals surface area contributed by atoms with Crippen LogP contribution in [0.5, 0.6) is 0 Å². The molecule has 7 nitrogen and oxygen atoms in total. The number of hydrogen-bond donors (Lipinski definition) is 1. The van der Waals surface area contributed by atoms with Crippen LogP contribution in [0.2, 0.25) is 0 Å². The molecule has 32 heavy (non-hydrogen) atoms. The lowest BCUT2D eigenvalue weighted by Gasteiger charge is -2.36. The summed E-state index contributed by atoms with van der Waals surface area (Å²) in [5.74, 6) is 0.689. The van der Waals surface area contributed by atoms with Crippen molar-refractivity contribution >= 4 is 10.9 Å². The van der Waals surface area contributed by atoms with E-state index >= 15 is 0 Å². The molecule has 1 atom stereocenters. The normalized spacial score (nSPS) is 15.6. The van der Waals surface area contributed by atoms with Gasteiger partial charge in [0.1, 0.15) is 6.04 Å². The molecule has 5 rings (SSSR count). The largest absolute Gasteiger partial charge is 0.321 e. The summed E-state index contributed by atoms with van der Waals surface area (Å²) in [6.45, 7) is 9.79. The fourth-order valence-electron chi connectivity index (χ4n) is 4.68. The quantitative estimate of drug-likeness (QED) is 0.538. The Balaban J connectivity index is 1.70. The van der Waals surface area contributed by atoms with Crippen molar-refractivity contribution in [3.63, 3.8) is 0 Å². The molecular weight excluding hydrogens is 400 g/mol. The van der Waals surface area contributed by atoms with Crippen LogP contribution in [0.25, 0.3) is 10.9 Å². The Bertz CT molecular complexity index is 1350. The van der Waals surface area contributed by atoms with Gasteiger partial charge in [0.15, 0.2) is 5.82 Å². The van der Waals surface area contributed by atoms with E-state index in [1.165, 1.54) is 11.1 Å². The topological polar surface area (TPSA) is 79.7 Å². The first-order chi connectivity index (χ1) is 15.3. The zero-order valence-corrected chi connectivity index (χ0v) is 19.0. The lowest BCUT2D eigenvalue weighted by Crippen LogP contribution is -2.40. The van der Waals surface area contributed by atoms with Crippen molar-refractivity contribution in [2.75, 3.05) is 6.54 Å². The monoisotopic (exact) mass is 428 g/mol. The van der Waals surface area contributed by atoms with Crippen LogP contribution in [0, 0.1) is 6.92 Å². The highest BCUT2D eigenvalue weighted by Gasteiger charge is 2.34. The molecule has 0 saturated heterocycles. The average Bonchev–Trinajstić information content (AvgIpc) is 3.25. The summed E-state index contributed by atoms with van der Waals surface area (Å²) < 4.78 is 1.85. The minimum absolute atomic E-state index is 0.0980. The minimum Gasteiger partial charge on any atom is -0.321 e. The number of aromatic amines is 1. The summed E-state index contributed by atoms with van der Waals surface area (Å²) in [6, 6.07) is 16.2. The SMILES string of the molecule is Cc1cccc2cc([C@@H](c3nnnn3C(C)(C)C)N3CCc4ccccc4C3)c(=O)[nH]c12. The van der Waals surface area contributed by atoms with Gasteiger partial charge in [0.25, 0.3) is 5.56 Å². The van der Waals surface area contributed by atoms with Crippen molar-refractivity contribution < 1.29 is 0 Å². The second-order valence-corrected chi connectivity index (χ2v) is 9.60. The molecule has 0 aliphatic carbocycles. The number of nitrogens with zero attached hydrogens (tertiary/aromatic N) is 5. The number of H-pyrrole nitrogens is 1. The Morgan fingerprint density at radius 1 is 1.06 bits per heavy atom. The Morgan fingerprint density at radius 3 is 2.62 bits per heavy atom. The van der Waals surface area contributed by atoms with Gasteiger partial charge in [0.2, 0.25) is 0 Å². The van der Waals surface area contributed by atoms with Gasteiger partial charge in [-0.1, -0.05) is 42.5 Å². The van der Waals surface area contributed by atoms with Crippen molar-refractivity contribution in [3.8, 4) is 0 Å². The molecule has 164 valence electrons. The lowest BCUT2D eigenvalue weighted by molar-refractivity contribution is 0.185. The molecule has 1 aliphatic heterocycles. The maximum atomic E-state index is 13.4. The fourth-order valence-corrected chi connectivity index (χ4v) is 4.68. The van der Waals surface area contributed by atoms with Crippen molar-refractivity contribution in [1.82, 2.24) is 30.1 Å². The van der Waals surface area contributed by atoms with Crippen molar-refractivity contribution in [2.24, 2.45) is 0 Å². The molecule has 1 N–H and O–H groups in total. The van der Waals surface area contributed by atoms with Gasteiger partial charge in [0.05, 0.1) is 11.1 Å². The van der Waals surface area contributed by atoms with Gasteiger partial charge >= 0.3 is 0 Å². The number of rotatable bonds is 3. The maximum absolute atomic E-state index is 13.4. The Labute approximate surface area is 187 Å². The van der Waals surface area contributed by atoms with E-state index in [0.717, 1.165) is 36.0 Å². The third kappa shape index (κ3) is 3.52. The highest BCUT2D eigenvalue weighted by atomic mass is 16.1. The molecule has 0 unspecified atom stereocenters. The van der Waals surface area contributed by atoms with Gasteiger partial charge in [-0.2, -0.15) is 0 Å². The molecule has 0 saturated carbocycles. The van der Waals surface area contributed by atoms with Crippen LogP contribution >= 0.6 is 0 Å². The number of fused-ring (bicyclic) bond motifs is 2. The van der Waals surface area contributed by atoms with E-state index in [2.05, 4.69) is 70.4 Å². The molecule has 0 amide bonds. The van der Waals surface area contributed by atoms with Crippen molar-refractivity contribution in [3.05, 3.63) is 87.0 Å². The van der Waals surface area contributed by atoms with Crippen LogP contribution in [0.3, 0.4) is 0 Å². The predicted octanol–water partition coefficient (Wildman–Crippen LogP) is 3.73. The number of tetrazole rings is 1. The van der Waals surface area contributed by atoms with Gasteiger partial charge in [-0.15, -0.1) is 5.10 Å². The molecule has 1 aliphatic rings. The molecule has 0 radical (unpaired) electrons. The fraction of sp³-hybridized carbons (Fsp3) is 0.360. The number of para-hydroxylation sites is 1. The Hall–Kier alpha value is -3.32. The van der Waals surface area contributed by atoms with Crippen LogP contribution in [0.15, 0.2) is 53.3 Å². The van der Waals surface area contributed by atoms with Gasteiger partial charge < -0.3 is 4.98 Å². The van der Waals surface area contributed by atoms with E-state index in [1.54, 1.807) is 0 Å². The molecule has 2 aromatic carbocycles. The molecule has 0 fully saturated rings. The van der Waals surface area contributed by atoms with Crippen molar-refractivity contribution in [2.45, 2.75) is 52.2 Å². The van der Waals surface area contributed by atoms with Gasteiger partial charge in [-0.25, -0.2) is 4.68 Å². The number of nitrogens with one attached hydrogen (secondary N) is 1. The maximum Gasteiger partial charge on any atom is 0.253 e. The molecule has 4 aromatic rings. The van der Waals surface area contributed by atoms with E-state index < -0.39 is 0 Å². The number of aryl methyl sites for hydroxylation is 1. The van der Waals surface area contributed by atoms with Crippen LogP contribution in [-0.2, 0) is 18.5 Å². The van der Waals surface area contributed by atoms with Gasteiger partial charge in [-0.05, 0) is 72.7 Å². The molecule has 0 bridgehead atoms. The van der Waals surface area contributed by atoms with Crippen molar-refractivity contribution in [1.29, 1.82) is 0 Å². The summed E-state index contributed by atoms with van der Waals surface area (Å²) in [6.07, 6.45) is 0.925. The number of aromatic nitrogens is 5. The van der Waals surface area contributed by atoms with E-state index in [0.29, 0.717) is 11.4 Å². The van der Waals surface area contributed by atoms with E-state index in [9.17, 15) is 4.79 Å². The third-order valence-electron chi connectivity index (χ3n) is 6.31. The summed E-state index contributed by atoms with van der Waals surface area (Å²) >= 11 is 0. The summed E-state index contributed by atoms with van der Waals surface area (Å²) in [5.41, 5.74) is 4.83. The highest BCUT2D eigenvalue weighted by molar-refractivity contribution is 5.82. The van der Waals surface area contributed by atoms with Crippen LogP contribution in [0.4, 0.5) is 0 Å². The average molecular weight is 429 g/mol. The standard InChI is InChI=1S/C25H28N6O/c1-16-8-7-11-18-14-20(24(32)26-21(16)18)22(23-27-28-29-31(23)25(2,3)4)30-13-12-17-9-5-6-10-19(17)15-30/h5-11,14,22H,12-13,15H2,1-4H3,(H,26,32)/t22-/m0/s1. The molecule has 0 spiro atoms. The second-order valence-electron chi connectivity index (χ2n) is 9.60. The smallest absolute Gasteiger partial charge is 0.253 e. The van der Waals surface area contributed by atoms with Crippen LogP contribution in [0.1, 0.15) is 54.9 Å². The summed E-state index contributed by atoms with van der Waals surface area (Å²) in [5, 5.41) is 13.7. The lowest BCUT2D eigenvalue weighted by atomic mass is 9.95. The number of benzene rings is 2. The van der Waals surface area contributed by atoms with Crippen LogP contribution in [-0.4, -0.2) is 36.6 Å². The van der Waals surface area contributed by atoms with Gasteiger partial charge in [-0.3, -0.25) is 9.69 Å². The molecular formula is C25H28N6O. The minimum atomic E-state index is -0.355. The third-order valence-corrected chi connectivity index (χ3v) is 6.31. The van der Waals surface area contributed by atoms with E-state index in [4.69, 9.17) is 0 Å². The zero-order valence-electron chi connectivity index (χ0n) is 19.0. The summed E-state index contributed by atoms with van der Waals surface area (Å²) in [4.78, 5) is 18.9. The van der Waals surface area contributed by atoms with Gasteiger partial charge in [0, 0.05) is 18.7 Å². The summed E-state index contributed by atoms with van der Waals surface area (Å²) in [7, 11) is 0. The zero-order chi connectivity index (χ0) is 22.5.